The second kappa shape index (κ2) is 11.0. The number of aromatic nitrogens is 1. The average molecular weight is 513 g/mol. The summed E-state index contributed by atoms with van der Waals surface area (Å²) in [6.07, 6.45) is 2.72. The Balaban J connectivity index is 1.33. The number of ketones is 1. The van der Waals surface area contributed by atoms with Crippen LogP contribution in [0, 0.1) is 13.8 Å². The van der Waals surface area contributed by atoms with Crippen molar-refractivity contribution in [2.45, 2.75) is 44.6 Å². The third-order valence-corrected chi connectivity index (χ3v) is 8.01. The quantitative estimate of drug-likeness (QED) is 0.311. The van der Waals surface area contributed by atoms with Crippen LogP contribution in [0.1, 0.15) is 57.0 Å². The second-order valence-corrected chi connectivity index (χ2v) is 10.5. The fourth-order valence-corrected chi connectivity index (χ4v) is 5.46. The molecule has 1 fully saturated rings. The van der Waals surface area contributed by atoms with E-state index in [1.165, 1.54) is 34.6 Å². The molecule has 36 heavy (non-hydrogen) atoms. The highest BCUT2D eigenvalue weighted by molar-refractivity contribution is 7.89. The summed E-state index contributed by atoms with van der Waals surface area (Å²) >= 11 is 0. The lowest BCUT2D eigenvalue weighted by Crippen LogP contribution is -2.35. The van der Waals surface area contributed by atoms with Crippen LogP contribution in [0.15, 0.2) is 57.9 Å². The Hall–Kier alpha value is -3.50. The monoisotopic (exact) mass is 512 g/mol. The van der Waals surface area contributed by atoms with Crippen LogP contribution in [0.3, 0.4) is 0 Å². The molecule has 0 radical (unpaired) electrons. The van der Waals surface area contributed by atoms with E-state index in [1.807, 2.05) is 6.92 Å². The fraction of sp³-hybridized carbons (Fsp3) is 0.346. The van der Waals surface area contributed by atoms with E-state index in [2.05, 4.69) is 5.16 Å². The summed E-state index contributed by atoms with van der Waals surface area (Å²) in [4.78, 5) is 25.2. The minimum absolute atomic E-state index is 0.145. The molecule has 0 saturated carbocycles. The molecule has 0 spiro atoms. The summed E-state index contributed by atoms with van der Waals surface area (Å²) in [6.45, 7) is 4.39. The fourth-order valence-electron chi connectivity index (χ4n) is 3.94. The van der Waals surface area contributed by atoms with Crippen molar-refractivity contribution in [2.75, 3.05) is 19.7 Å². The van der Waals surface area contributed by atoms with Crippen molar-refractivity contribution in [3.63, 3.8) is 0 Å². The third-order valence-electron chi connectivity index (χ3n) is 6.10. The SMILES string of the molecule is Cc1noc(C)c1COc1cccc(C(=O)OCC(=O)c2ccc(S(=O)(=O)N3CCCCC3)cc2)c1. The smallest absolute Gasteiger partial charge is 0.338 e. The molecule has 0 unspecified atom stereocenters. The standard InChI is InChI=1S/C26H28N2O7S/c1-18-24(19(2)35-27-18)16-33-22-8-6-7-21(15-22)26(30)34-17-25(29)20-9-11-23(12-10-20)36(31,32)28-13-4-3-5-14-28/h6-12,15H,3-5,13-14,16-17H2,1-2H3. The highest BCUT2D eigenvalue weighted by atomic mass is 32.2. The highest BCUT2D eigenvalue weighted by Gasteiger charge is 2.26. The van der Waals surface area contributed by atoms with Crippen molar-refractivity contribution in [1.29, 1.82) is 0 Å². The van der Waals surface area contributed by atoms with Crippen LogP contribution >= 0.6 is 0 Å². The van der Waals surface area contributed by atoms with Gasteiger partial charge >= 0.3 is 5.97 Å². The number of hydrogen-bond acceptors (Lipinski definition) is 8. The molecular weight excluding hydrogens is 484 g/mol. The first-order valence-corrected chi connectivity index (χ1v) is 13.1. The van der Waals surface area contributed by atoms with E-state index in [1.54, 1.807) is 25.1 Å². The molecule has 0 bridgehead atoms. The zero-order chi connectivity index (χ0) is 25.7. The summed E-state index contributed by atoms with van der Waals surface area (Å²) in [5.41, 5.74) is 2.07. The lowest BCUT2D eigenvalue weighted by Gasteiger charge is -2.25. The predicted molar refractivity (Wildman–Crippen MR) is 130 cm³/mol. The van der Waals surface area contributed by atoms with E-state index in [0.717, 1.165) is 30.5 Å². The zero-order valence-corrected chi connectivity index (χ0v) is 21.0. The van der Waals surface area contributed by atoms with Gasteiger partial charge in [0.1, 0.15) is 18.1 Å². The summed E-state index contributed by atoms with van der Waals surface area (Å²) in [6, 6.07) is 12.2. The summed E-state index contributed by atoms with van der Waals surface area (Å²) in [5, 5.41) is 3.89. The molecule has 4 rings (SSSR count). The largest absolute Gasteiger partial charge is 0.489 e. The maximum Gasteiger partial charge on any atom is 0.338 e. The van der Waals surface area contributed by atoms with Gasteiger partial charge in [-0.3, -0.25) is 4.79 Å². The van der Waals surface area contributed by atoms with Crippen molar-refractivity contribution in [1.82, 2.24) is 9.46 Å². The van der Waals surface area contributed by atoms with Gasteiger partial charge in [0.2, 0.25) is 10.0 Å². The van der Waals surface area contributed by atoms with Gasteiger partial charge in [-0.1, -0.05) is 17.6 Å². The zero-order valence-electron chi connectivity index (χ0n) is 20.2. The molecule has 0 N–H and O–H groups in total. The molecular formula is C26H28N2O7S. The number of ether oxygens (including phenoxy) is 2. The molecule has 1 aliphatic heterocycles. The minimum Gasteiger partial charge on any atom is -0.489 e. The molecule has 1 aromatic heterocycles. The van der Waals surface area contributed by atoms with E-state index in [-0.39, 0.29) is 22.6 Å². The number of piperidine rings is 1. The van der Waals surface area contributed by atoms with Gasteiger partial charge in [-0.05, 0) is 69.2 Å². The maximum absolute atomic E-state index is 12.8. The average Bonchev–Trinajstić information content (AvgIpc) is 3.23. The highest BCUT2D eigenvalue weighted by Crippen LogP contribution is 2.22. The van der Waals surface area contributed by atoms with Crippen LogP contribution < -0.4 is 4.74 Å². The number of aryl methyl sites for hydroxylation is 2. The van der Waals surface area contributed by atoms with E-state index in [4.69, 9.17) is 14.0 Å². The Morgan fingerprint density at radius 3 is 2.39 bits per heavy atom. The topological polar surface area (TPSA) is 116 Å². The molecule has 0 aliphatic carbocycles. The molecule has 190 valence electrons. The molecule has 2 aromatic carbocycles. The lowest BCUT2D eigenvalue weighted by atomic mass is 10.1. The van der Waals surface area contributed by atoms with Crippen LogP contribution in [0.5, 0.6) is 5.75 Å². The van der Waals surface area contributed by atoms with Gasteiger partial charge in [-0.25, -0.2) is 13.2 Å². The Labute approximate surface area is 210 Å². The number of nitrogens with zero attached hydrogens (tertiary/aromatic N) is 2. The number of carbonyl (C=O) groups is 2. The number of Topliss-reactive ketones (excluding diaryl/α,β-unsaturated/α-hetero) is 1. The summed E-state index contributed by atoms with van der Waals surface area (Å²) in [7, 11) is -3.58. The molecule has 1 saturated heterocycles. The Morgan fingerprint density at radius 1 is 1.00 bits per heavy atom. The first-order valence-electron chi connectivity index (χ1n) is 11.7. The molecule has 1 aliphatic rings. The Morgan fingerprint density at radius 2 is 1.72 bits per heavy atom. The number of carbonyl (C=O) groups excluding carboxylic acids is 2. The molecule has 9 nitrogen and oxygen atoms in total. The lowest BCUT2D eigenvalue weighted by molar-refractivity contribution is 0.0474. The molecule has 2 heterocycles. The van der Waals surface area contributed by atoms with Crippen molar-refractivity contribution in [2.24, 2.45) is 0 Å². The van der Waals surface area contributed by atoms with Crippen molar-refractivity contribution >= 4 is 21.8 Å². The normalized spacial score (nSPS) is 14.4. The van der Waals surface area contributed by atoms with E-state index in [0.29, 0.717) is 24.6 Å². The summed E-state index contributed by atoms with van der Waals surface area (Å²) < 4.78 is 43.1. The second-order valence-electron chi connectivity index (χ2n) is 8.61. The van der Waals surface area contributed by atoms with Crippen molar-refractivity contribution in [3.05, 3.63) is 76.7 Å². The predicted octanol–water partition coefficient (Wildman–Crippen LogP) is 4.08. The van der Waals surface area contributed by atoms with Gasteiger partial charge in [-0.2, -0.15) is 4.31 Å². The van der Waals surface area contributed by atoms with Gasteiger partial charge in [0.25, 0.3) is 0 Å². The van der Waals surface area contributed by atoms with E-state index in [9.17, 15) is 18.0 Å². The van der Waals surface area contributed by atoms with Crippen LogP contribution in [0.4, 0.5) is 0 Å². The number of benzene rings is 2. The first kappa shape index (κ1) is 25.6. The van der Waals surface area contributed by atoms with Gasteiger partial charge in [0.15, 0.2) is 12.4 Å². The molecule has 10 heteroatoms. The van der Waals surface area contributed by atoms with Gasteiger partial charge in [0, 0.05) is 18.7 Å². The van der Waals surface area contributed by atoms with Gasteiger partial charge in [0.05, 0.1) is 21.7 Å². The third kappa shape index (κ3) is 5.83. The molecule has 3 aromatic rings. The first-order chi connectivity index (χ1) is 17.3. The Bertz CT molecular complexity index is 1320. The summed E-state index contributed by atoms with van der Waals surface area (Å²) in [5.74, 6) is 0.0199. The van der Waals surface area contributed by atoms with Crippen molar-refractivity contribution in [3.8, 4) is 5.75 Å². The molecule has 0 atom stereocenters. The van der Waals surface area contributed by atoms with Gasteiger partial charge in [-0.15, -0.1) is 0 Å². The minimum atomic E-state index is -3.58. The van der Waals surface area contributed by atoms with Crippen LogP contribution in [-0.2, 0) is 21.4 Å². The number of hydrogen-bond donors (Lipinski definition) is 0. The molecule has 0 amide bonds. The van der Waals surface area contributed by atoms with Crippen LogP contribution in [0.2, 0.25) is 0 Å². The van der Waals surface area contributed by atoms with Crippen LogP contribution in [0.25, 0.3) is 0 Å². The van der Waals surface area contributed by atoms with E-state index >= 15 is 0 Å². The maximum atomic E-state index is 12.8. The number of sulfonamides is 1. The Kier molecular flexibility index (Phi) is 7.85. The van der Waals surface area contributed by atoms with Crippen molar-refractivity contribution < 1.29 is 32.0 Å². The number of esters is 1. The number of rotatable bonds is 9. The van der Waals surface area contributed by atoms with Gasteiger partial charge < -0.3 is 14.0 Å². The van der Waals surface area contributed by atoms with E-state index < -0.39 is 28.4 Å². The van der Waals surface area contributed by atoms with Crippen LogP contribution in [-0.4, -0.2) is 49.3 Å².